The van der Waals surface area contributed by atoms with Crippen molar-refractivity contribution in [1.29, 1.82) is 0 Å². The molecule has 4 heteroatoms. The lowest BCUT2D eigenvalue weighted by atomic mass is 10.2. The summed E-state index contributed by atoms with van der Waals surface area (Å²) >= 11 is 1.67. The first kappa shape index (κ1) is 13.2. The summed E-state index contributed by atoms with van der Waals surface area (Å²) in [6.45, 7) is 4.70. The van der Waals surface area contributed by atoms with Crippen LogP contribution in [0.15, 0.2) is 29.6 Å². The van der Waals surface area contributed by atoms with E-state index in [1.165, 1.54) is 0 Å². The molecule has 0 spiro atoms. The number of aryl methyl sites for hydroxylation is 1. The second-order valence-corrected chi connectivity index (χ2v) is 4.27. The number of thiazole rings is 1. The molecule has 2 nitrogen and oxygen atoms in total. The predicted octanol–water partition coefficient (Wildman–Crippen LogP) is 4.10. The Morgan fingerprint density at radius 1 is 1.25 bits per heavy atom. The van der Waals surface area contributed by atoms with E-state index >= 15 is 0 Å². The summed E-state index contributed by atoms with van der Waals surface area (Å²) < 4.78 is 5.38. The molecule has 1 aromatic heterocycles. The number of nitrogens with zero attached hydrogens (tertiary/aromatic N) is 1. The molecule has 0 amide bonds. The highest BCUT2D eigenvalue weighted by molar-refractivity contribution is 8.93. The smallest absolute Gasteiger partial charge is 0.119 e. The summed E-state index contributed by atoms with van der Waals surface area (Å²) in [5.74, 6) is 0.910. The highest BCUT2D eigenvalue weighted by Crippen LogP contribution is 2.23. The molecule has 16 heavy (non-hydrogen) atoms. The fourth-order valence-corrected chi connectivity index (χ4v) is 2.01. The molecule has 0 aliphatic carbocycles. The van der Waals surface area contributed by atoms with E-state index in [4.69, 9.17) is 4.74 Å². The van der Waals surface area contributed by atoms with E-state index in [1.54, 1.807) is 11.3 Å². The summed E-state index contributed by atoms with van der Waals surface area (Å²) in [5.41, 5.74) is 2.18. The highest BCUT2D eigenvalue weighted by atomic mass is 79.9. The number of ether oxygens (including phenoxy) is 1. The van der Waals surface area contributed by atoms with Gasteiger partial charge in [0.15, 0.2) is 0 Å². The van der Waals surface area contributed by atoms with Gasteiger partial charge >= 0.3 is 0 Å². The molecule has 0 radical (unpaired) electrons. The third-order valence-corrected chi connectivity index (χ3v) is 2.85. The van der Waals surface area contributed by atoms with E-state index in [-0.39, 0.29) is 17.0 Å². The first-order valence-electron chi connectivity index (χ1n) is 4.95. The minimum atomic E-state index is 0. The lowest BCUT2D eigenvalue weighted by Crippen LogP contribution is -1.90. The van der Waals surface area contributed by atoms with Crippen LogP contribution >= 0.6 is 28.3 Å². The fraction of sp³-hybridized carbons (Fsp3) is 0.250. The van der Waals surface area contributed by atoms with Gasteiger partial charge < -0.3 is 4.74 Å². The van der Waals surface area contributed by atoms with E-state index in [9.17, 15) is 0 Å². The zero-order chi connectivity index (χ0) is 10.7. The zero-order valence-corrected chi connectivity index (χ0v) is 11.8. The van der Waals surface area contributed by atoms with Gasteiger partial charge in [-0.25, -0.2) is 4.98 Å². The van der Waals surface area contributed by atoms with Gasteiger partial charge in [-0.3, -0.25) is 0 Å². The van der Waals surface area contributed by atoms with Crippen molar-refractivity contribution in [3.63, 3.8) is 0 Å². The molecule has 0 saturated carbocycles. The van der Waals surface area contributed by atoms with Crippen LogP contribution in [0.3, 0.4) is 0 Å². The largest absolute Gasteiger partial charge is 0.494 e. The van der Waals surface area contributed by atoms with Crippen molar-refractivity contribution in [2.45, 2.75) is 13.8 Å². The maximum atomic E-state index is 5.38. The normalized spacial score (nSPS) is 9.62. The van der Waals surface area contributed by atoms with Gasteiger partial charge in [-0.15, -0.1) is 28.3 Å². The van der Waals surface area contributed by atoms with Gasteiger partial charge in [0.25, 0.3) is 0 Å². The van der Waals surface area contributed by atoms with Gasteiger partial charge in [0.2, 0.25) is 0 Å². The van der Waals surface area contributed by atoms with Crippen LogP contribution in [0.4, 0.5) is 0 Å². The molecule has 1 aromatic carbocycles. The Balaban J connectivity index is 0.00000128. The Bertz CT molecular complexity index is 439. The van der Waals surface area contributed by atoms with E-state index in [2.05, 4.69) is 10.4 Å². The van der Waals surface area contributed by atoms with Crippen molar-refractivity contribution in [2.75, 3.05) is 6.61 Å². The number of benzene rings is 1. The van der Waals surface area contributed by atoms with Crippen molar-refractivity contribution < 1.29 is 4.74 Å². The molecule has 2 aromatic rings. The van der Waals surface area contributed by atoms with E-state index in [0.29, 0.717) is 6.61 Å². The Kier molecular flexibility index (Phi) is 4.96. The Labute approximate surface area is 110 Å². The second kappa shape index (κ2) is 6.01. The molecule has 2 rings (SSSR count). The standard InChI is InChI=1S/C12H13NOS.BrH/c1-3-14-11-6-4-10(5-7-11)12-8-15-9(2)13-12;/h4-8H,3H2,1-2H3;1H. The number of hydrogen-bond acceptors (Lipinski definition) is 3. The van der Waals surface area contributed by atoms with E-state index < -0.39 is 0 Å². The van der Waals surface area contributed by atoms with Crippen LogP contribution in [0.2, 0.25) is 0 Å². The predicted molar refractivity (Wildman–Crippen MR) is 73.8 cm³/mol. The Morgan fingerprint density at radius 3 is 2.44 bits per heavy atom. The van der Waals surface area contributed by atoms with E-state index in [1.807, 2.05) is 38.1 Å². The van der Waals surface area contributed by atoms with Crippen molar-refractivity contribution in [1.82, 2.24) is 4.98 Å². The number of halogens is 1. The molecular weight excluding hydrogens is 286 g/mol. The van der Waals surface area contributed by atoms with Crippen LogP contribution in [0.5, 0.6) is 5.75 Å². The molecule has 0 bridgehead atoms. The SMILES string of the molecule is Br.CCOc1ccc(-c2csc(C)n2)cc1. The molecule has 0 fully saturated rings. The summed E-state index contributed by atoms with van der Waals surface area (Å²) in [6.07, 6.45) is 0. The molecular formula is C12H14BrNOS. The molecule has 0 N–H and O–H groups in total. The van der Waals surface area contributed by atoms with Gasteiger partial charge in [0.1, 0.15) is 5.75 Å². The van der Waals surface area contributed by atoms with Crippen LogP contribution in [0.25, 0.3) is 11.3 Å². The number of rotatable bonds is 3. The number of aromatic nitrogens is 1. The first-order chi connectivity index (χ1) is 7.29. The summed E-state index contributed by atoms with van der Waals surface area (Å²) in [7, 11) is 0. The molecule has 0 aliphatic heterocycles. The van der Waals surface area contributed by atoms with Gasteiger partial charge in [-0.2, -0.15) is 0 Å². The van der Waals surface area contributed by atoms with Crippen LogP contribution in [0, 0.1) is 6.92 Å². The van der Waals surface area contributed by atoms with E-state index in [0.717, 1.165) is 22.0 Å². The summed E-state index contributed by atoms with van der Waals surface area (Å²) in [6, 6.07) is 8.04. The van der Waals surface area contributed by atoms with Crippen LogP contribution in [0.1, 0.15) is 11.9 Å². The minimum absolute atomic E-state index is 0. The summed E-state index contributed by atoms with van der Waals surface area (Å²) in [5, 5.41) is 3.17. The lowest BCUT2D eigenvalue weighted by molar-refractivity contribution is 0.340. The molecule has 86 valence electrons. The van der Waals surface area contributed by atoms with Crippen LogP contribution < -0.4 is 4.74 Å². The fourth-order valence-electron chi connectivity index (χ4n) is 1.38. The van der Waals surface area contributed by atoms with Gasteiger partial charge in [0.05, 0.1) is 17.3 Å². The summed E-state index contributed by atoms with van der Waals surface area (Å²) in [4.78, 5) is 4.43. The Hall–Kier alpha value is -0.870. The third-order valence-electron chi connectivity index (χ3n) is 2.08. The molecule has 0 atom stereocenters. The average Bonchev–Trinajstić information content (AvgIpc) is 2.67. The zero-order valence-electron chi connectivity index (χ0n) is 9.27. The van der Waals surface area contributed by atoms with Crippen molar-refractivity contribution in [2.24, 2.45) is 0 Å². The minimum Gasteiger partial charge on any atom is -0.494 e. The third kappa shape index (κ3) is 3.06. The molecule has 0 aliphatic rings. The van der Waals surface area contributed by atoms with Crippen molar-refractivity contribution in [3.05, 3.63) is 34.7 Å². The quantitative estimate of drug-likeness (QED) is 0.851. The molecule has 1 heterocycles. The maximum Gasteiger partial charge on any atom is 0.119 e. The maximum absolute atomic E-state index is 5.38. The van der Waals surface area contributed by atoms with Gasteiger partial charge in [-0.05, 0) is 38.1 Å². The first-order valence-corrected chi connectivity index (χ1v) is 5.83. The van der Waals surface area contributed by atoms with Crippen molar-refractivity contribution >= 4 is 28.3 Å². The van der Waals surface area contributed by atoms with Crippen molar-refractivity contribution in [3.8, 4) is 17.0 Å². The second-order valence-electron chi connectivity index (χ2n) is 3.21. The average molecular weight is 300 g/mol. The molecule has 0 unspecified atom stereocenters. The Morgan fingerprint density at radius 2 is 1.94 bits per heavy atom. The lowest BCUT2D eigenvalue weighted by Gasteiger charge is -2.02. The topological polar surface area (TPSA) is 22.1 Å². The number of hydrogen-bond donors (Lipinski definition) is 0. The molecule has 0 saturated heterocycles. The highest BCUT2D eigenvalue weighted by Gasteiger charge is 2.01. The van der Waals surface area contributed by atoms with Crippen LogP contribution in [-0.4, -0.2) is 11.6 Å². The van der Waals surface area contributed by atoms with Gasteiger partial charge in [-0.1, -0.05) is 0 Å². The van der Waals surface area contributed by atoms with Crippen LogP contribution in [-0.2, 0) is 0 Å². The monoisotopic (exact) mass is 299 g/mol. The van der Waals surface area contributed by atoms with Gasteiger partial charge in [0, 0.05) is 10.9 Å².